The van der Waals surface area contributed by atoms with Gasteiger partial charge in [-0.2, -0.15) is 4.98 Å². The van der Waals surface area contributed by atoms with Gasteiger partial charge in [-0.15, -0.1) is 0 Å². The molecule has 2 heterocycles. The first-order valence-corrected chi connectivity index (χ1v) is 4.62. The van der Waals surface area contributed by atoms with Crippen LogP contribution < -0.4 is 5.32 Å². The Morgan fingerprint density at radius 1 is 1.29 bits per heavy atom. The molecule has 1 aromatic heterocycles. The standard InChI is InChI=1S/C10H10N2O2/c1-2-4-9-8(3-1)12-10(14-9)11-7-5-13-6-7/h1-4,7H,5-6H2,(H,11,12). The smallest absolute Gasteiger partial charge is 0.296 e. The molecule has 72 valence electrons. The molecule has 2 aromatic rings. The van der Waals surface area contributed by atoms with E-state index in [1.54, 1.807) is 0 Å². The fourth-order valence-electron chi connectivity index (χ4n) is 1.43. The molecule has 4 heteroatoms. The van der Waals surface area contributed by atoms with Crippen LogP contribution in [0.5, 0.6) is 0 Å². The Labute approximate surface area is 80.9 Å². The summed E-state index contributed by atoms with van der Waals surface area (Å²) in [4.78, 5) is 4.30. The van der Waals surface area contributed by atoms with Gasteiger partial charge in [-0.05, 0) is 12.1 Å². The number of fused-ring (bicyclic) bond motifs is 1. The van der Waals surface area contributed by atoms with Crippen LogP contribution in [0.3, 0.4) is 0 Å². The fourth-order valence-corrected chi connectivity index (χ4v) is 1.43. The van der Waals surface area contributed by atoms with Crippen molar-refractivity contribution in [1.82, 2.24) is 4.98 Å². The fraction of sp³-hybridized carbons (Fsp3) is 0.300. The third kappa shape index (κ3) is 1.24. The van der Waals surface area contributed by atoms with Crippen LogP contribution in [0.2, 0.25) is 0 Å². The van der Waals surface area contributed by atoms with Crippen molar-refractivity contribution in [3.8, 4) is 0 Å². The lowest BCUT2D eigenvalue weighted by Crippen LogP contribution is -2.40. The Morgan fingerprint density at radius 3 is 2.86 bits per heavy atom. The molecule has 14 heavy (non-hydrogen) atoms. The summed E-state index contributed by atoms with van der Waals surface area (Å²) in [6, 6.07) is 8.65. The number of nitrogens with one attached hydrogen (secondary N) is 1. The molecule has 4 nitrogen and oxygen atoms in total. The second kappa shape index (κ2) is 2.99. The summed E-state index contributed by atoms with van der Waals surface area (Å²) in [6.45, 7) is 1.47. The van der Waals surface area contributed by atoms with Gasteiger partial charge >= 0.3 is 0 Å². The summed E-state index contributed by atoms with van der Waals surface area (Å²) in [6.07, 6.45) is 0. The molecule has 1 N–H and O–H groups in total. The van der Waals surface area contributed by atoms with Crippen molar-refractivity contribution in [3.63, 3.8) is 0 Å². The van der Waals surface area contributed by atoms with Gasteiger partial charge in [0.25, 0.3) is 6.01 Å². The normalized spacial score (nSPS) is 16.9. The molecule has 0 bridgehead atoms. The lowest BCUT2D eigenvalue weighted by molar-refractivity contribution is 0.0202. The van der Waals surface area contributed by atoms with Crippen LogP contribution in [0, 0.1) is 0 Å². The number of hydrogen-bond donors (Lipinski definition) is 1. The first kappa shape index (κ1) is 7.82. The highest BCUT2D eigenvalue weighted by atomic mass is 16.5. The summed E-state index contributed by atoms with van der Waals surface area (Å²) in [5.41, 5.74) is 1.70. The van der Waals surface area contributed by atoms with Gasteiger partial charge in [0, 0.05) is 0 Å². The van der Waals surface area contributed by atoms with Gasteiger partial charge in [0.2, 0.25) is 0 Å². The number of para-hydroxylation sites is 2. The predicted octanol–water partition coefficient (Wildman–Crippen LogP) is 1.64. The number of rotatable bonds is 2. The Bertz CT molecular complexity index is 415. The predicted molar refractivity (Wildman–Crippen MR) is 52.2 cm³/mol. The van der Waals surface area contributed by atoms with Crippen LogP contribution in [0.15, 0.2) is 28.7 Å². The summed E-state index contributed by atoms with van der Waals surface area (Å²) in [5, 5.41) is 3.16. The molecule has 1 aliphatic heterocycles. The number of aromatic nitrogens is 1. The van der Waals surface area contributed by atoms with Crippen LogP contribution in [0.25, 0.3) is 11.1 Å². The van der Waals surface area contributed by atoms with Gasteiger partial charge < -0.3 is 14.5 Å². The first-order valence-electron chi connectivity index (χ1n) is 4.62. The minimum Gasteiger partial charge on any atom is -0.424 e. The highest BCUT2D eigenvalue weighted by Crippen LogP contribution is 2.19. The molecule has 0 amide bonds. The maximum absolute atomic E-state index is 5.50. The average molecular weight is 190 g/mol. The van der Waals surface area contributed by atoms with Crippen molar-refractivity contribution in [2.24, 2.45) is 0 Å². The number of ether oxygens (including phenoxy) is 1. The van der Waals surface area contributed by atoms with E-state index in [1.807, 2.05) is 24.3 Å². The molecular formula is C10H10N2O2. The van der Waals surface area contributed by atoms with Crippen molar-refractivity contribution in [2.45, 2.75) is 6.04 Å². The van der Waals surface area contributed by atoms with Gasteiger partial charge in [-0.25, -0.2) is 0 Å². The van der Waals surface area contributed by atoms with Crippen molar-refractivity contribution < 1.29 is 9.15 Å². The Kier molecular flexibility index (Phi) is 1.67. The van der Waals surface area contributed by atoms with E-state index >= 15 is 0 Å². The molecule has 0 radical (unpaired) electrons. The third-order valence-electron chi connectivity index (χ3n) is 2.26. The number of oxazole rings is 1. The van der Waals surface area contributed by atoms with E-state index in [0.29, 0.717) is 12.1 Å². The summed E-state index contributed by atoms with van der Waals surface area (Å²) in [5.74, 6) is 0. The van der Waals surface area contributed by atoms with Crippen LogP contribution in [-0.4, -0.2) is 24.2 Å². The Balaban J connectivity index is 1.89. The summed E-state index contributed by atoms with van der Waals surface area (Å²) >= 11 is 0. The molecule has 1 aromatic carbocycles. The Morgan fingerprint density at radius 2 is 2.14 bits per heavy atom. The molecule has 0 aliphatic carbocycles. The van der Waals surface area contributed by atoms with Gasteiger partial charge in [0.1, 0.15) is 5.52 Å². The highest BCUT2D eigenvalue weighted by Gasteiger charge is 2.19. The van der Waals surface area contributed by atoms with Gasteiger partial charge in [-0.1, -0.05) is 12.1 Å². The van der Waals surface area contributed by atoms with Crippen molar-refractivity contribution >= 4 is 17.1 Å². The molecule has 1 saturated heterocycles. The molecule has 0 spiro atoms. The molecule has 3 rings (SSSR count). The average Bonchev–Trinajstić information content (AvgIpc) is 2.53. The monoisotopic (exact) mass is 190 g/mol. The zero-order valence-electron chi connectivity index (χ0n) is 7.56. The number of anilines is 1. The molecule has 1 aliphatic rings. The van der Waals surface area contributed by atoms with Gasteiger partial charge in [-0.3, -0.25) is 0 Å². The largest absolute Gasteiger partial charge is 0.424 e. The second-order valence-electron chi connectivity index (χ2n) is 3.37. The van der Waals surface area contributed by atoms with Crippen LogP contribution >= 0.6 is 0 Å². The van der Waals surface area contributed by atoms with Crippen molar-refractivity contribution in [2.75, 3.05) is 18.5 Å². The SMILES string of the molecule is c1ccc2oc(NC3COC3)nc2c1. The zero-order chi connectivity index (χ0) is 9.38. The second-order valence-corrected chi connectivity index (χ2v) is 3.37. The van der Waals surface area contributed by atoms with Gasteiger partial charge in [0.05, 0.1) is 19.3 Å². The lowest BCUT2D eigenvalue weighted by atomic mass is 10.3. The molecule has 1 fully saturated rings. The summed E-state index contributed by atoms with van der Waals surface area (Å²) < 4.78 is 10.5. The minimum absolute atomic E-state index is 0.350. The van der Waals surface area contributed by atoms with E-state index < -0.39 is 0 Å². The maximum Gasteiger partial charge on any atom is 0.296 e. The van der Waals surface area contributed by atoms with Crippen LogP contribution in [0.4, 0.5) is 6.01 Å². The van der Waals surface area contributed by atoms with E-state index in [2.05, 4.69) is 10.3 Å². The molecular weight excluding hydrogens is 180 g/mol. The minimum atomic E-state index is 0.350. The van der Waals surface area contributed by atoms with Crippen LogP contribution in [0.1, 0.15) is 0 Å². The topological polar surface area (TPSA) is 47.3 Å². The lowest BCUT2D eigenvalue weighted by Gasteiger charge is -2.25. The number of benzene rings is 1. The van der Waals surface area contributed by atoms with E-state index in [4.69, 9.17) is 9.15 Å². The Hall–Kier alpha value is -1.55. The third-order valence-corrected chi connectivity index (χ3v) is 2.26. The quantitative estimate of drug-likeness (QED) is 0.782. The van der Waals surface area contributed by atoms with E-state index in [9.17, 15) is 0 Å². The number of hydrogen-bond acceptors (Lipinski definition) is 4. The molecule has 0 saturated carbocycles. The highest BCUT2D eigenvalue weighted by molar-refractivity contribution is 5.74. The maximum atomic E-state index is 5.50. The number of nitrogens with zero attached hydrogens (tertiary/aromatic N) is 1. The molecule has 0 atom stereocenters. The molecule has 0 unspecified atom stereocenters. The summed E-state index contributed by atoms with van der Waals surface area (Å²) in [7, 11) is 0. The van der Waals surface area contributed by atoms with Crippen molar-refractivity contribution in [3.05, 3.63) is 24.3 Å². The van der Waals surface area contributed by atoms with E-state index in [1.165, 1.54) is 0 Å². The van der Waals surface area contributed by atoms with Crippen molar-refractivity contribution in [1.29, 1.82) is 0 Å². The zero-order valence-corrected chi connectivity index (χ0v) is 7.56. The van der Waals surface area contributed by atoms with E-state index in [-0.39, 0.29) is 0 Å². The van der Waals surface area contributed by atoms with Gasteiger partial charge in [0.15, 0.2) is 5.58 Å². The van der Waals surface area contributed by atoms with E-state index in [0.717, 1.165) is 24.3 Å². The van der Waals surface area contributed by atoms with Crippen LogP contribution in [-0.2, 0) is 4.74 Å². The first-order chi connectivity index (χ1) is 6.92.